The fourth-order valence-electron chi connectivity index (χ4n) is 1.86. The molecular formula is C15H19F3O3. The number of aromatic carboxylic acids is 1. The molecular weight excluding hydrogens is 285 g/mol. The molecule has 0 amide bonds. The van der Waals surface area contributed by atoms with E-state index in [9.17, 15) is 18.0 Å². The third-order valence-corrected chi connectivity index (χ3v) is 3.07. The highest BCUT2D eigenvalue weighted by atomic mass is 19.2. The lowest BCUT2D eigenvalue weighted by atomic mass is 10.1. The summed E-state index contributed by atoms with van der Waals surface area (Å²) in [5.41, 5.74) is -0.781. The van der Waals surface area contributed by atoms with Gasteiger partial charge in [0.05, 0.1) is 5.56 Å². The minimum absolute atomic E-state index is 0.303. The Morgan fingerprint density at radius 3 is 2.57 bits per heavy atom. The zero-order valence-corrected chi connectivity index (χ0v) is 11.9. The van der Waals surface area contributed by atoms with Crippen molar-refractivity contribution in [3.63, 3.8) is 0 Å². The maximum absolute atomic E-state index is 13.5. The van der Waals surface area contributed by atoms with Gasteiger partial charge >= 0.3 is 5.97 Å². The number of hydrogen-bond acceptors (Lipinski definition) is 2. The number of rotatable bonds is 9. The quantitative estimate of drug-likeness (QED) is 0.690. The lowest BCUT2D eigenvalue weighted by Gasteiger charge is -2.12. The number of carbonyl (C=O) groups is 1. The summed E-state index contributed by atoms with van der Waals surface area (Å²) in [6.45, 7) is 1.67. The SMILES string of the molecule is CCCCCCC(F)COc1ccc(C(=O)O)c(F)c1F. The molecule has 0 spiro atoms. The molecule has 0 saturated heterocycles. The Balaban J connectivity index is 2.52. The second kappa shape index (κ2) is 8.54. The summed E-state index contributed by atoms with van der Waals surface area (Å²) in [6, 6.07) is 1.89. The van der Waals surface area contributed by atoms with Gasteiger partial charge in [0, 0.05) is 0 Å². The van der Waals surface area contributed by atoms with E-state index < -0.39 is 35.1 Å². The predicted molar refractivity (Wildman–Crippen MR) is 72.5 cm³/mol. The van der Waals surface area contributed by atoms with Gasteiger partial charge in [-0.3, -0.25) is 0 Å². The third-order valence-electron chi connectivity index (χ3n) is 3.07. The monoisotopic (exact) mass is 304 g/mol. The summed E-state index contributed by atoms with van der Waals surface area (Å²) in [7, 11) is 0. The van der Waals surface area contributed by atoms with Gasteiger partial charge < -0.3 is 9.84 Å². The first kappa shape index (κ1) is 17.3. The van der Waals surface area contributed by atoms with E-state index in [1.807, 2.05) is 6.92 Å². The van der Waals surface area contributed by atoms with E-state index in [0.717, 1.165) is 31.4 Å². The average molecular weight is 304 g/mol. The van der Waals surface area contributed by atoms with Gasteiger partial charge in [0.2, 0.25) is 5.82 Å². The van der Waals surface area contributed by atoms with E-state index in [0.29, 0.717) is 12.8 Å². The summed E-state index contributed by atoms with van der Waals surface area (Å²) in [5.74, 6) is -4.96. The van der Waals surface area contributed by atoms with E-state index in [4.69, 9.17) is 9.84 Å². The molecule has 21 heavy (non-hydrogen) atoms. The van der Waals surface area contributed by atoms with Crippen LogP contribution in [0.3, 0.4) is 0 Å². The Morgan fingerprint density at radius 2 is 1.95 bits per heavy atom. The molecule has 118 valence electrons. The van der Waals surface area contributed by atoms with Crippen LogP contribution in [0.5, 0.6) is 5.75 Å². The Hall–Kier alpha value is -1.72. The van der Waals surface area contributed by atoms with Crippen molar-refractivity contribution in [2.24, 2.45) is 0 Å². The number of hydrogen-bond donors (Lipinski definition) is 1. The van der Waals surface area contributed by atoms with Crippen molar-refractivity contribution in [2.75, 3.05) is 6.61 Å². The van der Waals surface area contributed by atoms with Gasteiger partial charge in [-0.25, -0.2) is 13.6 Å². The van der Waals surface area contributed by atoms with Crippen LogP contribution in [0.2, 0.25) is 0 Å². The van der Waals surface area contributed by atoms with Crippen LogP contribution in [-0.4, -0.2) is 23.9 Å². The minimum atomic E-state index is -1.57. The van der Waals surface area contributed by atoms with E-state index in [1.165, 1.54) is 0 Å². The van der Waals surface area contributed by atoms with E-state index in [-0.39, 0.29) is 6.61 Å². The third kappa shape index (κ3) is 5.28. The lowest BCUT2D eigenvalue weighted by Crippen LogP contribution is -2.14. The highest BCUT2D eigenvalue weighted by Gasteiger charge is 2.19. The first-order chi connectivity index (χ1) is 9.97. The van der Waals surface area contributed by atoms with Gasteiger partial charge in [-0.15, -0.1) is 0 Å². The van der Waals surface area contributed by atoms with Crippen LogP contribution in [0.15, 0.2) is 12.1 Å². The van der Waals surface area contributed by atoms with Crippen molar-refractivity contribution in [2.45, 2.75) is 45.2 Å². The summed E-state index contributed by atoms with van der Waals surface area (Å²) in [5, 5.41) is 8.63. The van der Waals surface area contributed by atoms with Crippen molar-refractivity contribution in [1.82, 2.24) is 0 Å². The minimum Gasteiger partial charge on any atom is -0.487 e. The number of carboxylic acid groups (broad SMARTS) is 1. The number of carboxylic acids is 1. The van der Waals surface area contributed by atoms with Gasteiger partial charge in [-0.05, 0) is 18.6 Å². The summed E-state index contributed by atoms with van der Waals surface area (Å²) < 4.78 is 45.3. The number of unbranched alkanes of at least 4 members (excludes halogenated alkanes) is 3. The maximum atomic E-state index is 13.5. The van der Waals surface area contributed by atoms with E-state index in [2.05, 4.69) is 0 Å². The van der Waals surface area contributed by atoms with Crippen molar-refractivity contribution in [1.29, 1.82) is 0 Å². The number of halogens is 3. The summed E-state index contributed by atoms with van der Waals surface area (Å²) in [6.07, 6.45) is 2.76. The lowest BCUT2D eigenvalue weighted by molar-refractivity contribution is 0.0690. The molecule has 1 atom stereocenters. The van der Waals surface area contributed by atoms with Gasteiger partial charge in [-0.1, -0.05) is 32.6 Å². The second-order valence-electron chi connectivity index (χ2n) is 4.80. The highest BCUT2D eigenvalue weighted by molar-refractivity contribution is 5.88. The van der Waals surface area contributed by atoms with Crippen LogP contribution in [0.4, 0.5) is 13.2 Å². The van der Waals surface area contributed by atoms with Crippen LogP contribution >= 0.6 is 0 Å². The van der Waals surface area contributed by atoms with Crippen LogP contribution in [0.25, 0.3) is 0 Å². The normalized spacial score (nSPS) is 12.2. The molecule has 1 aromatic rings. The molecule has 0 saturated carbocycles. The molecule has 0 heterocycles. The van der Waals surface area contributed by atoms with Gasteiger partial charge in [0.15, 0.2) is 11.6 Å². The molecule has 1 unspecified atom stereocenters. The molecule has 0 fully saturated rings. The molecule has 3 nitrogen and oxygen atoms in total. The summed E-state index contributed by atoms with van der Waals surface area (Å²) >= 11 is 0. The first-order valence-corrected chi connectivity index (χ1v) is 6.95. The predicted octanol–water partition coefficient (Wildman–Crippen LogP) is 4.35. The standard InChI is InChI=1S/C15H19F3O3/c1-2-3-4-5-6-10(16)9-21-12-8-7-11(15(19)20)13(17)14(12)18/h7-8,10H,2-6,9H2,1H3,(H,19,20). The van der Waals surface area contributed by atoms with Gasteiger partial charge in [0.1, 0.15) is 12.8 Å². The molecule has 0 aliphatic rings. The van der Waals surface area contributed by atoms with Crippen LogP contribution < -0.4 is 4.74 Å². The Morgan fingerprint density at radius 1 is 1.24 bits per heavy atom. The maximum Gasteiger partial charge on any atom is 0.338 e. The van der Waals surface area contributed by atoms with Crippen LogP contribution in [0, 0.1) is 11.6 Å². The Bertz CT molecular complexity index is 477. The topological polar surface area (TPSA) is 46.5 Å². The van der Waals surface area contributed by atoms with Crippen molar-refractivity contribution >= 4 is 5.97 Å². The first-order valence-electron chi connectivity index (χ1n) is 6.95. The highest BCUT2D eigenvalue weighted by Crippen LogP contribution is 2.23. The van der Waals surface area contributed by atoms with E-state index >= 15 is 0 Å². The van der Waals surface area contributed by atoms with E-state index in [1.54, 1.807) is 0 Å². The molecule has 0 radical (unpaired) electrons. The molecule has 1 aromatic carbocycles. The van der Waals surface area contributed by atoms with Gasteiger partial charge in [0.25, 0.3) is 0 Å². The number of alkyl halides is 1. The zero-order valence-electron chi connectivity index (χ0n) is 11.9. The number of ether oxygens (including phenoxy) is 1. The molecule has 0 aromatic heterocycles. The van der Waals surface area contributed by atoms with Crippen molar-refractivity contribution in [3.05, 3.63) is 29.3 Å². The zero-order chi connectivity index (χ0) is 15.8. The molecule has 0 bridgehead atoms. The fraction of sp³-hybridized carbons (Fsp3) is 0.533. The molecule has 6 heteroatoms. The average Bonchev–Trinajstić information content (AvgIpc) is 2.44. The Labute approximate surface area is 121 Å². The molecule has 1 rings (SSSR count). The summed E-state index contributed by atoms with van der Waals surface area (Å²) in [4.78, 5) is 10.6. The van der Waals surface area contributed by atoms with Crippen molar-refractivity contribution in [3.8, 4) is 5.75 Å². The molecule has 0 aliphatic carbocycles. The van der Waals surface area contributed by atoms with Crippen LogP contribution in [-0.2, 0) is 0 Å². The smallest absolute Gasteiger partial charge is 0.338 e. The Kier molecular flexibility index (Phi) is 7.05. The fourth-order valence-corrected chi connectivity index (χ4v) is 1.86. The molecule has 0 aliphatic heterocycles. The van der Waals surface area contributed by atoms with Crippen LogP contribution in [0.1, 0.15) is 49.4 Å². The number of benzene rings is 1. The largest absolute Gasteiger partial charge is 0.487 e. The molecule has 1 N–H and O–H groups in total. The van der Waals surface area contributed by atoms with Gasteiger partial charge in [-0.2, -0.15) is 4.39 Å². The second-order valence-corrected chi connectivity index (χ2v) is 4.80. The van der Waals surface area contributed by atoms with Crippen molar-refractivity contribution < 1.29 is 27.8 Å².